The molecule has 0 saturated heterocycles. The summed E-state index contributed by atoms with van der Waals surface area (Å²) in [5, 5.41) is 13.3. The van der Waals surface area contributed by atoms with E-state index in [2.05, 4.69) is 5.32 Å². The van der Waals surface area contributed by atoms with Crippen molar-refractivity contribution in [2.75, 3.05) is 6.54 Å². The van der Waals surface area contributed by atoms with E-state index < -0.39 is 5.72 Å². The Morgan fingerprint density at radius 1 is 1.57 bits per heavy atom. The Kier molecular flexibility index (Phi) is 2.26. The second kappa shape index (κ2) is 2.28. The highest BCUT2D eigenvalue weighted by atomic mass is 16.3. The van der Waals surface area contributed by atoms with Gasteiger partial charge in [-0.3, -0.25) is 5.32 Å². The normalized spacial score (nSPS) is 12.0. The fourth-order valence-corrected chi connectivity index (χ4v) is 0.426. The molecule has 0 aliphatic heterocycles. The van der Waals surface area contributed by atoms with Crippen LogP contribution in [-0.4, -0.2) is 12.3 Å². The first-order valence-corrected chi connectivity index (χ1v) is 2.51. The van der Waals surface area contributed by atoms with Gasteiger partial charge in [0.05, 0.1) is 0 Å². The second-order valence-electron chi connectivity index (χ2n) is 2.04. The lowest BCUT2D eigenvalue weighted by molar-refractivity contribution is -0.0245. The van der Waals surface area contributed by atoms with Crippen LogP contribution < -0.4 is 5.32 Å². The average Bonchev–Trinajstić information content (AvgIpc) is 1.30. The molecule has 0 aliphatic carbocycles. The zero-order chi connectivity index (χ0) is 5.91. The molecule has 0 aromatic rings. The van der Waals surface area contributed by atoms with Crippen LogP contribution in [0.25, 0.3) is 0 Å². The van der Waals surface area contributed by atoms with Gasteiger partial charge in [-0.25, -0.2) is 5.11 Å². The highest BCUT2D eigenvalue weighted by molar-refractivity contribution is 4.57. The summed E-state index contributed by atoms with van der Waals surface area (Å²) in [4.78, 5) is 0. The van der Waals surface area contributed by atoms with Crippen LogP contribution in [0.15, 0.2) is 0 Å². The van der Waals surface area contributed by atoms with E-state index in [-0.39, 0.29) is 0 Å². The van der Waals surface area contributed by atoms with E-state index in [9.17, 15) is 5.11 Å². The van der Waals surface area contributed by atoms with Gasteiger partial charge in [-0.15, -0.1) is 0 Å². The van der Waals surface area contributed by atoms with Gasteiger partial charge in [0.25, 0.3) is 0 Å². The van der Waals surface area contributed by atoms with Crippen LogP contribution in [0.1, 0.15) is 20.8 Å². The molecule has 0 bridgehead atoms. The van der Waals surface area contributed by atoms with Gasteiger partial charge in [-0.1, -0.05) is 6.92 Å². The molecule has 1 N–H and O–H groups in total. The summed E-state index contributed by atoms with van der Waals surface area (Å²) < 4.78 is 0. The topological polar surface area (TPSA) is 31.9 Å². The molecule has 0 atom stereocenters. The maximum absolute atomic E-state index is 10.6. The van der Waals surface area contributed by atoms with Gasteiger partial charge in [0.2, 0.25) is 0 Å². The molecule has 2 heteroatoms. The molecule has 0 saturated carbocycles. The lowest BCUT2D eigenvalue weighted by atomic mass is 10.3. The maximum atomic E-state index is 10.6. The molecule has 0 heterocycles. The van der Waals surface area contributed by atoms with E-state index >= 15 is 0 Å². The van der Waals surface area contributed by atoms with Gasteiger partial charge in [0, 0.05) is 0 Å². The van der Waals surface area contributed by atoms with Crippen molar-refractivity contribution in [3.63, 3.8) is 0 Å². The van der Waals surface area contributed by atoms with Gasteiger partial charge in [0.15, 0.2) is 0 Å². The van der Waals surface area contributed by atoms with E-state index in [4.69, 9.17) is 0 Å². The number of hydrogen-bond acceptors (Lipinski definition) is 1. The Balaban J connectivity index is 3.15. The van der Waals surface area contributed by atoms with Gasteiger partial charge >= 0.3 is 0 Å². The minimum atomic E-state index is -0.950. The van der Waals surface area contributed by atoms with Crippen molar-refractivity contribution in [1.82, 2.24) is 5.32 Å². The molecule has 43 valence electrons. The van der Waals surface area contributed by atoms with Gasteiger partial charge in [0.1, 0.15) is 5.72 Å². The molecule has 0 aliphatic rings. The third kappa shape index (κ3) is 5.92. The van der Waals surface area contributed by atoms with Crippen molar-refractivity contribution in [2.45, 2.75) is 26.5 Å². The zero-order valence-corrected chi connectivity index (χ0v) is 5.12. The van der Waals surface area contributed by atoms with E-state index in [1.54, 1.807) is 13.8 Å². The van der Waals surface area contributed by atoms with Crippen molar-refractivity contribution in [2.24, 2.45) is 0 Å². The van der Waals surface area contributed by atoms with Crippen LogP contribution in [0.5, 0.6) is 0 Å². The quantitative estimate of drug-likeness (QED) is 0.513. The number of hydrogen-bond donors (Lipinski definition) is 1. The standard InChI is InChI=1S/C5H12NO/c1-4-6-5(2,3)7/h6H,4H2,1-3H3. The molecule has 2 nitrogen and oxygen atoms in total. The third-order valence-corrected chi connectivity index (χ3v) is 0.602. The summed E-state index contributed by atoms with van der Waals surface area (Å²) in [6.07, 6.45) is 0. The van der Waals surface area contributed by atoms with Gasteiger partial charge < -0.3 is 0 Å². The summed E-state index contributed by atoms with van der Waals surface area (Å²) in [5.41, 5.74) is -0.950. The largest absolute Gasteiger partial charge is 0.288 e. The van der Waals surface area contributed by atoms with Crippen LogP contribution in [0, 0.1) is 0 Å². The van der Waals surface area contributed by atoms with E-state index in [1.807, 2.05) is 6.92 Å². The van der Waals surface area contributed by atoms with Crippen LogP contribution in [0.3, 0.4) is 0 Å². The fraction of sp³-hybridized carbons (Fsp3) is 1.00. The van der Waals surface area contributed by atoms with Crippen molar-refractivity contribution >= 4 is 0 Å². The number of rotatable bonds is 2. The molecule has 0 spiro atoms. The van der Waals surface area contributed by atoms with E-state index in [1.165, 1.54) is 0 Å². The molecule has 0 rings (SSSR count). The minimum absolute atomic E-state index is 0.747. The monoisotopic (exact) mass is 102 g/mol. The summed E-state index contributed by atoms with van der Waals surface area (Å²) in [7, 11) is 0. The summed E-state index contributed by atoms with van der Waals surface area (Å²) in [6.45, 7) is 5.88. The Labute approximate surface area is 44.5 Å². The minimum Gasteiger partial charge on any atom is -0.288 e. The van der Waals surface area contributed by atoms with Crippen LogP contribution >= 0.6 is 0 Å². The number of nitrogens with one attached hydrogen (secondary N) is 1. The molecule has 0 unspecified atom stereocenters. The van der Waals surface area contributed by atoms with E-state index in [0.29, 0.717) is 0 Å². The van der Waals surface area contributed by atoms with Crippen molar-refractivity contribution in [1.29, 1.82) is 0 Å². The first kappa shape index (κ1) is 6.92. The lowest BCUT2D eigenvalue weighted by Gasteiger charge is -2.13. The van der Waals surface area contributed by atoms with Crippen molar-refractivity contribution in [3.05, 3.63) is 0 Å². The van der Waals surface area contributed by atoms with E-state index in [0.717, 1.165) is 6.54 Å². The lowest BCUT2D eigenvalue weighted by Crippen LogP contribution is -2.36. The summed E-state index contributed by atoms with van der Waals surface area (Å²) >= 11 is 0. The summed E-state index contributed by atoms with van der Waals surface area (Å²) in [5.74, 6) is 0. The zero-order valence-electron chi connectivity index (χ0n) is 5.12. The molecule has 0 amide bonds. The molecule has 7 heavy (non-hydrogen) atoms. The highest BCUT2D eigenvalue weighted by Crippen LogP contribution is 1.92. The third-order valence-electron chi connectivity index (χ3n) is 0.602. The SMILES string of the molecule is CCNC(C)(C)[O]. The van der Waals surface area contributed by atoms with Crippen molar-refractivity contribution in [3.8, 4) is 0 Å². The Hall–Kier alpha value is -0.0800. The van der Waals surface area contributed by atoms with Gasteiger partial charge in [-0.2, -0.15) is 0 Å². The first-order chi connectivity index (χ1) is 3.06. The summed E-state index contributed by atoms with van der Waals surface area (Å²) in [6, 6.07) is 0. The van der Waals surface area contributed by atoms with Gasteiger partial charge in [-0.05, 0) is 20.4 Å². The molecular weight excluding hydrogens is 90.1 g/mol. The van der Waals surface area contributed by atoms with Crippen LogP contribution in [-0.2, 0) is 5.11 Å². The molecule has 0 aromatic carbocycles. The maximum Gasteiger partial charge on any atom is 0.148 e. The average molecular weight is 102 g/mol. The van der Waals surface area contributed by atoms with Crippen LogP contribution in [0.4, 0.5) is 0 Å². The molecule has 0 aromatic heterocycles. The predicted octanol–water partition coefficient (Wildman–Crippen LogP) is 0.762. The Morgan fingerprint density at radius 3 is 2.00 bits per heavy atom. The Morgan fingerprint density at radius 2 is 2.00 bits per heavy atom. The molecule has 0 fully saturated rings. The highest BCUT2D eigenvalue weighted by Gasteiger charge is 2.10. The first-order valence-electron chi connectivity index (χ1n) is 2.51. The van der Waals surface area contributed by atoms with Crippen molar-refractivity contribution < 1.29 is 5.11 Å². The second-order valence-corrected chi connectivity index (χ2v) is 2.04. The smallest absolute Gasteiger partial charge is 0.148 e. The van der Waals surface area contributed by atoms with Crippen LogP contribution in [0.2, 0.25) is 0 Å². The molecule has 1 radical (unpaired) electrons. The molecular formula is C5H12NO. The Bertz CT molecular complexity index is 46.5. The predicted molar refractivity (Wildman–Crippen MR) is 28.4 cm³/mol. The fourth-order valence-electron chi connectivity index (χ4n) is 0.426.